The summed E-state index contributed by atoms with van der Waals surface area (Å²) in [4.78, 5) is 13.6. The molecule has 2 heterocycles. The Labute approximate surface area is 150 Å². The van der Waals surface area contributed by atoms with E-state index in [0.717, 1.165) is 0 Å². The number of nitrogens with zero attached hydrogens (tertiary/aromatic N) is 1. The maximum absolute atomic E-state index is 13.7. The zero-order chi connectivity index (χ0) is 18.0. The molecule has 0 saturated carbocycles. The van der Waals surface area contributed by atoms with E-state index in [1.54, 1.807) is 18.2 Å². The smallest absolute Gasteiger partial charge is 0.222 e. The Kier molecular flexibility index (Phi) is 5.15. The molecule has 8 heteroatoms. The van der Waals surface area contributed by atoms with Crippen molar-refractivity contribution in [3.8, 4) is 0 Å². The van der Waals surface area contributed by atoms with Gasteiger partial charge in [0.2, 0.25) is 5.91 Å². The fourth-order valence-corrected chi connectivity index (χ4v) is 4.61. The summed E-state index contributed by atoms with van der Waals surface area (Å²) in [6, 6.07) is 7.62. The quantitative estimate of drug-likeness (QED) is 0.766. The van der Waals surface area contributed by atoms with Crippen molar-refractivity contribution in [2.24, 2.45) is 0 Å². The van der Waals surface area contributed by atoms with E-state index < -0.39 is 20.9 Å². The van der Waals surface area contributed by atoms with Crippen LogP contribution in [0.1, 0.15) is 17.7 Å². The van der Waals surface area contributed by atoms with Gasteiger partial charge in [0.25, 0.3) is 0 Å². The molecule has 3 rings (SSSR count). The van der Waals surface area contributed by atoms with Gasteiger partial charge in [-0.1, -0.05) is 17.7 Å². The number of carbonyl (C=O) groups is 1. The molecule has 134 valence electrons. The van der Waals surface area contributed by atoms with Gasteiger partial charge in [-0.25, -0.2) is 12.8 Å². The minimum Gasteiger partial charge on any atom is -0.468 e. The molecule has 1 fully saturated rings. The molecule has 0 atom stereocenters. The number of hydrogen-bond acceptors (Lipinski definition) is 4. The van der Waals surface area contributed by atoms with Crippen LogP contribution in [-0.2, 0) is 26.8 Å². The van der Waals surface area contributed by atoms with Crippen molar-refractivity contribution in [2.45, 2.75) is 23.8 Å². The van der Waals surface area contributed by atoms with Crippen molar-refractivity contribution in [2.75, 3.05) is 13.1 Å². The average molecular weight is 386 g/mol. The molecule has 5 nitrogen and oxygen atoms in total. The first-order chi connectivity index (χ1) is 11.9. The summed E-state index contributed by atoms with van der Waals surface area (Å²) < 4.78 is 43.3. The van der Waals surface area contributed by atoms with Gasteiger partial charge in [0.1, 0.15) is 17.3 Å². The molecule has 1 aliphatic rings. The molecule has 1 aliphatic heterocycles. The Balaban J connectivity index is 1.51. The third-order valence-electron chi connectivity index (χ3n) is 4.28. The van der Waals surface area contributed by atoms with E-state index in [2.05, 4.69) is 0 Å². The van der Waals surface area contributed by atoms with E-state index in [1.165, 1.54) is 23.3 Å². The maximum Gasteiger partial charge on any atom is 0.222 e. The van der Waals surface area contributed by atoms with Crippen LogP contribution in [0.25, 0.3) is 0 Å². The highest BCUT2D eigenvalue weighted by atomic mass is 35.5. The van der Waals surface area contributed by atoms with Gasteiger partial charge < -0.3 is 9.32 Å². The molecule has 0 unspecified atom stereocenters. The normalized spacial score (nSPS) is 15.2. The average Bonchev–Trinajstić information content (AvgIpc) is 2.96. The highest BCUT2D eigenvalue weighted by Crippen LogP contribution is 2.24. The summed E-state index contributed by atoms with van der Waals surface area (Å²) in [7, 11) is -3.36. The molecule has 1 amide bonds. The lowest BCUT2D eigenvalue weighted by Crippen LogP contribution is -2.57. The number of benzene rings is 1. The molecular weight excluding hydrogens is 369 g/mol. The van der Waals surface area contributed by atoms with Crippen molar-refractivity contribution >= 4 is 27.3 Å². The van der Waals surface area contributed by atoms with E-state index in [4.69, 9.17) is 16.0 Å². The number of carbonyl (C=O) groups excluding carboxylic acids is 1. The van der Waals surface area contributed by atoms with Crippen LogP contribution < -0.4 is 0 Å². The summed E-state index contributed by atoms with van der Waals surface area (Å²) in [5.41, 5.74) is 0.306. The van der Waals surface area contributed by atoms with Crippen LogP contribution in [0.15, 0.2) is 41.0 Å². The molecule has 2 aromatic rings. The number of likely N-dealkylation sites (tertiary alicyclic amines) is 1. The monoisotopic (exact) mass is 385 g/mol. The lowest BCUT2D eigenvalue weighted by atomic mass is 10.1. The second-order valence-electron chi connectivity index (χ2n) is 6.01. The topological polar surface area (TPSA) is 67.6 Å². The van der Waals surface area contributed by atoms with Crippen molar-refractivity contribution in [3.63, 3.8) is 0 Å². The summed E-state index contributed by atoms with van der Waals surface area (Å²) >= 11 is 5.94. The minimum absolute atomic E-state index is 0.0889. The third-order valence-corrected chi connectivity index (χ3v) is 6.64. The summed E-state index contributed by atoms with van der Waals surface area (Å²) in [6.45, 7) is 0.319. The molecule has 0 aliphatic carbocycles. The summed E-state index contributed by atoms with van der Waals surface area (Å²) in [6.07, 6.45) is 1.70. The fourth-order valence-electron chi connectivity index (χ4n) is 2.74. The number of hydrogen-bond donors (Lipinski definition) is 0. The molecule has 0 spiro atoms. The summed E-state index contributed by atoms with van der Waals surface area (Å²) in [5.74, 6) is -0.428. The lowest BCUT2D eigenvalue weighted by molar-refractivity contribution is -0.134. The Bertz CT molecular complexity index is 841. The van der Waals surface area contributed by atoms with Crippen molar-refractivity contribution in [3.05, 3.63) is 58.8 Å². The van der Waals surface area contributed by atoms with Gasteiger partial charge in [0.15, 0.2) is 9.84 Å². The van der Waals surface area contributed by atoms with Gasteiger partial charge in [0, 0.05) is 30.1 Å². The maximum atomic E-state index is 13.7. The van der Waals surface area contributed by atoms with Crippen LogP contribution >= 0.6 is 11.6 Å². The molecule has 0 N–H and O–H groups in total. The predicted molar refractivity (Wildman–Crippen MR) is 91.4 cm³/mol. The van der Waals surface area contributed by atoms with Gasteiger partial charge in [-0.15, -0.1) is 0 Å². The van der Waals surface area contributed by atoms with Crippen LogP contribution in [0.5, 0.6) is 0 Å². The lowest BCUT2D eigenvalue weighted by Gasteiger charge is -2.38. The minimum atomic E-state index is -3.36. The van der Waals surface area contributed by atoms with E-state index in [9.17, 15) is 17.6 Å². The predicted octanol–water partition coefficient (Wildman–Crippen LogP) is 2.83. The second-order valence-corrected chi connectivity index (χ2v) is 8.70. The Hall–Kier alpha value is -1.86. The molecule has 25 heavy (non-hydrogen) atoms. The molecule has 0 bridgehead atoms. The van der Waals surface area contributed by atoms with Gasteiger partial charge in [-0.3, -0.25) is 4.79 Å². The van der Waals surface area contributed by atoms with Crippen LogP contribution in [0.3, 0.4) is 0 Å². The Morgan fingerprint density at radius 3 is 2.68 bits per heavy atom. The first-order valence-corrected chi connectivity index (χ1v) is 9.91. The van der Waals surface area contributed by atoms with Gasteiger partial charge in [-0.05, 0) is 30.7 Å². The van der Waals surface area contributed by atoms with Crippen LogP contribution in [0, 0.1) is 5.82 Å². The molecule has 0 radical (unpaired) electrons. The van der Waals surface area contributed by atoms with Crippen molar-refractivity contribution in [1.82, 2.24) is 4.90 Å². The number of furan rings is 1. The van der Waals surface area contributed by atoms with E-state index in [-0.39, 0.29) is 42.6 Å². The van der Waals surface area contributed by atoms with E-state index in [0.29, 0.717) is 11.3 Å². The van der Waals surface area contributed by atoms with Gasteiger partial charge in [0.05, 0.1) is 11.5 Å². The Morgan fingerprint density at radius 1 is 1.28 bits per heavy atom. The van der Waals surface area contributed by atoms with Crippen LogP contribution in [0.4, 0.5) is 4.39 Å². The summed E-state index contributed by atoms with van der Waals surface area (Å²) in [5, 5.41) is -0.297. The van der Waals surface area contributed by atoms with Crippen LogP contribution in [0.2, 0.25) is 5.02 Å². The van der Waals surface area contributed by atoms with E-state index in [1.807, 2.05) is 0 Å². The molecular formula is C17H17ClFNO4S. The third kappa shape index (κ3) is 4.04. The highest BCUT2D eigenvalue weighted by Gasteiger charge is 2.39. The van der Waals surface area contributed by atoms with E-state index >= 15 is 0 Å². The standard InChI is InChI=1S/C17H17ClFNO4S/c18-15-4-1-5-16(19)14(15)6-7-17(21)20-9-13(10-20)25(22,23)11-12-3-2-8-24-12/h1-5,8,13H,6-7,9-11H2. The first-order valence-electron chi connectivity index (χ1n) is 7.81. The highest BCUT2D eigenvalue weighted by molar-refractivity contribution is 7.91. The Morgan fingerprint density at radius 2 is 2.04 bits per heavy atom. The molecule has 1 aromatic heterocycles. The number of halogens is 2. The number of rotatable bonds is 6. The number of amides is 1. The SMILES string of the molecule is O=C(CCc1c(F)cccc1Cl)N1CC(S(=O)(=O)Cc2ccco2)C1. The molecule has 1 aromatic carbocycles. The zero-order valence-electron chi connectivity index (χ0n) is 13.3. The second kappa shape index (κ2) is 7.17. The van der Waals surface area contributed by atoms with Gasteiger partial charge in [-0.2, -0.15) is 0 Å². The van der Waals surface area contributed by atoms with Crippen molar-refractivity contribution < 1.29 is 22.0 Å². The van der Waals surface area contributed by atoms with Gasteiger partial charge >= 0.3 is 0 Å². The number of sulfone groups is 1. The zero-order valence-corrected chi connectivity index (χ0v) is 14.9. The first kappa shape index (κ1) is 17.9. The molecule has 1 saturated heterocycles. The fraction of sp³-hybridized carbons (Fsp3) is 0.353. The van der Waals surface area contributed by atoms with Crippen LogP contribution in [-0.4, -0.2) is 37.6 Å². The largest absolute Gasteiger partial charge is 0.468 e. The van der Waals surface area contributed by atoms with Crippen molar-refractivity contribution in [1.29, 1.82) is 0 Å².